The van der Waals surface area contributed by atoms with Gasteiger partial charge in [-0.25, -0.2) is 19.3 Å². The highest BCUT2D eigenvalue weighted by atomic mass is 32.1. The normalized spacial score (nSPS) is 12.3. The number of methoxy groups -OCH3 is 2. The van der Waals surface area contributed by atoms with Gasteiger partial charge in [0.1, 0.15) is 22.0 Å². The Morgan fingerprint density at radius 1 is 0.886 bits per heavy atom. The summed E-state index contributed by atoms with van der Waals surface area (Å²) in [7, 11) is 2.31. The standard InChI is InChI=1S/C24H18N2O8S/c1-32-23(30)17-16(18(24(31)33-2)35-19(17)25)11-34-22(29)12-6-5-7-13(10-12)26-20(27)14-8-3-4-9-15(14)21(26)28/h3-10H,11,25H2,1-2H3. The largest absolute Gasteiger partial charge is 0.465 e. The van der Waals surface area contributed by atoms with Crippen LogP contribution in [-0.4, -0.2) is 43.9 Å². The van der Waals surface area contributed by atoms with Gasteiger partial charge in [-0.2, -0.15) is 0 Å². The van der Waals surface area contributed by atoms with Crippen molar-refractivity contribution >= 4 is 51.7 Å². The molecule has 2 amide bonds. The summed E-state index contributed by atoms with van der Waals surface area (Å²) in [4.78, 5) is 63.6. The number of nitrogens with two attached hydrogens (primary N) is 1. The fourth-order valence-corrected chi connectivity index (χ4v) is 4.60. The van der Waals surface area contributed by atoms with Crippen LogP contribution in [0.3, 0.4) is 0 Å². The number of benzene rings is 2. The molecule has 35 heavy (non-hydrogen) atoms. The third-order valence-corrected chi connectivity index (χ3v) is 6.32. The lowest BCUT2D eigenvalue weighted by Crippen LogP contribution is -2.29. The summed E-state index contributed by atoms with van der Waals surface area (Å²) in [6.07, 6.45) is 0. The van der Waals surface area contributed by atoms with E-state index in [9.17, 15) is 24.0 Å². The summed E-state index contributed by atoms with van der Waals surface area (Å²) >= 11 is 0.808. The number of rotatable bonds is 6. The monoisotopic (exact) mass is 494 g/mol. The summed E-state index contributed by atoms with van der Waals surface area (Å²) in [5, 5.41) is 0.0101. The average molecular weight is 494 g/mol. The number of esters is 3. The fraction of sp³-hybridized carbons (Fsp3) is 0.125. The Kier molecular flexibility index (Phi) is 6.34. The van der Waals surface area contributed by atoms with Crippen molar-refractivity contribution in [3.8, 4) is 0 Å². The van der Waals surface area contributed by atoms with Crippen LogP contribution in [0.5, 0.6) is 0 Å². The zero-order valence-corrected chi connectivity index (χ0v) is 19.3. The number of carbonyl (C=O) groups excluding carboxylic acids is 5. The Morgan fingerprint density at radius 2 is 1.51 bits per heavy atom. The lowest BCUT2D eigenvalue weighted by Gasteiger charge is -2.15. The first-order valence-corrected chi connectivity index (χ1v) is 10.9. The van der Waals surface area contributed by atoms with Crippen molar-refractivity contribution in [2.24, 2.45) is 0 Å². The fourth-order valence-electron chi connectivity index (χ4n) is 3.62. The van der Waals surface area contributed by atoms with Crippen LogP contribution in [0.15, 0.2) is 48.5 Å². The Hall–Kier alpha value is -4.51. The molecule has 0 fully saturated rings. The van der Waals surface area contributed by atoms with Crippen LogP contribution in [0.1, 0.15) is 56.7 Å². The topological polar surface area (TPSA) is 142 Å². The number of ether oxygens (including phenoxy) is 3. The minimum Gasteiger partial charge on any atom is -0.465 e. The van der Waals surface area contributed by atoms with E-state index in [0.29, 0.717) is 0 Å². The lowest BCUT2D eigenvalue weighted by atomic mass is 10.1. The average Bonchev–Trinajstić information content (AvgIpc) is 3.34. The highest BCUT2D eigenvalue weighted by Gasteiger charge is 2.36. The predicted octanol–water partition coefficient (Wildman–Crippen LogP) is 3.06. The van der Waals surface area contributed by atoms with Crippen LogP contribution in [0.2, 0.25) is 0 Å². The molecule has 10 nitrogen and oxygen atoms in total. The van der Waals surface area contributed by atoms with Crippen molar-refractivity contribution in [3.05, 3.63) is 81.2 Å². The summed E-state index contributed by atoms with van der Waals surface area (Å²) in [6.45, 7) is -0.474. The van der Waals surface area contributed by atoms with E-state index in [1.165, 1.54) is 24.3 Å². The van der Waals surface area contributed by atoms with Gasteiger partial charge in [0.05, 0.1) is 36.6 Å². The number of hydrogen-bond donors (Lipinski definition) is 1. The molecule has 0 aliphatic carbocycles. The molecule has 4 rings (SSSR count). The van der Waals surface area contributed by atoms with Gasteiger partial charge in [-0.15, -0.1) is 11.3 Å². The molecule has 2 N–H and O–H groups in total. The zero-order valence-electron chi connectivity index (χ0n) is 18.5. The second kappa shape index (κ2) is 9.39. The molecule has 11 heteroatoms. The van der Waals surface area contributed by atoms with Gasteiger partial charge in [-0.1, -0.05) is 18.2 Å². The van der Waals surface area contributed by atoms with Crippen molar-refractivity contribution in [1.29, 1.82) is 0 Å². The van der Waals surface area contributed by atoms with Gasteiger partial charge in [0.15, 0.2) is 0 Å². The SMILES string of the molecule is COC(=O)c1sc(N)c(C(=O)OC)c1COC(=O)c1cccc(N2C(=O)c3ccccc3C2=O)c1. The number of anilines is 2. The van der Waals surface area contributed by atoms with E-state index in [-0.39, 0.29) is 43.4 Å². The molecule has 0 bridgehead atoms. The molecule has 1 aliphatic rings. The molecular formula is C24H18N2O8S. The van der Waals surface area contributed by atoms with Gasteiger partial charge >= 0.3 is 17.9 Å². The van der Waals surface area contributed by atoms with Crippen LogP contribution in [0, 0.1) is 0 Å². The first-order chi connectivity index (χ1) is 16.8. The van der Waals surface area contributed by atoms with E-state index in [0.717, 1.165) is 30.5 Å². The quantitative estimate of drug-likeness (QED) is 0.311. The molecule has 2 aromatic carbocycles. The van der Waals surface area contributed by atoms with Crippen LogP contribution in [0.4, 0.5) is 10.7 Å². The highest BCUT2D eigenvalue weighted by Crippen LogP contribution is 2.33. The zero-order chi connectivity index (χ0) is 25.3. The molecule has 2 heterocycles. The molecular weight excluding hydrogens is 476 g/mol. The maximum atomic E-state index is 12.8. The van der Waals surface area contributed by atoms with E-state index in [2.05, 4.69) is 0 Å². The maximum absolute atomic E-state index is 12.8. The van der Waals surface area contributed by atoms with Crippen LogP contribution in [-0.2, 0) is 20.8 Å². The van der Waals surface area contributed by atoms with Gasteiger partial charge in [0.2, 0.25) is 0 Å². The van der Waals surface area contributed by atoms with Crippen LogP contribution < -0.4 is 10.6 Å². The molecule has 1 aromatic heterocycles. The predicted molar refractivity (Wildman–Crippen MR) is 125 cm³/mol. The van der Waals surface area contributed by atoms with Crippen molar-refractivity contribution in [3.63, 3.8) is 0 Å². The Morgan fingerprint density at radius 3 is 2.11 bits per heavy atom. The number of fused-ring (bicyclic) bond motifs is 1. The van der Waals surface area contributed by atoms with Crippen LogP contribution >= 0.6 is 11.3 Å². The van der Waals surface area contributed by atoms with E-state index in [1.807, 2.05) is 0 Å². The van der Waals surface area contributed by atoms with E-state index in [4.69, 9.17) is 19.9 Å². The number of amides is 2. The number of nitrogens with zero attached hydrogens (tertiary/aromatic N) is 1. The molecule has 178 valence electrons. The van der Waals surface area contributed by atoms with Crippen molar-refractivity contribution in [1.82, 2.24) is 0 Å². The number of imide groups is 1. The van der Waals surface area contributed by atoms with Crippen molar-refractivity contribution < 1.29 is 38.2 Å². The van der Waals surface area contributed by atoms with E-state index >= 15 is 0 Å². The minimum absolute atomic E-state index is 0.00187. The van der Waals surface area contributed by atoms with E-state index in [1.54, 1.807) is 24.3 Å². The smallest absolute Gasteiger partial charge is 0.348 e. The van der Waals surface area contributed by atoms with Gasteiger partial charge in [-0.3, -0.25) is 9.59 Å². The van der Waals surface area contributed by atoms with Crippen molar-refractivity contribution in [2.75, 3.05) is 24.9 Å². The summed E-state index contributed by atoms with van der Waals surface area (Å²) in [6, 6.07) is 12.2. The molecule has 0 atom stereocenters. The van der Waals surface area contributed by atoms with Gasteiger partial charge < -0.3 is 19.9 Å². The third kappa shape index (κ3) is 4.13. The second-order valence-corrected chi connectivity index (χ2v) is 8.30. The van der Waals surface area contributed by atoms with Gasteiger partial charge in [0, 0.05) is 5.56 Å². The number of thiophene rings is 1. The first-order valence-electron chi connectivity index (χ1n) is 10.1. The maximum Gasteiger partial charge on any atom is 0.348 e. The molecule has 3 aromatic rings. The Labute approximate surface area is 202 Å². The van der Waals surface area contributed by atoms with Crippen molar-refractivity contribution in [2.45, 2.75) is 6.61 Å². The molecule has 1 aliphatic heterocycles. The number of carbonyl (C=O) groups is 5. The molecule has 0 spiro atoms. The van der Waals surface area contributed by atoms with Gasteiger partial charge in [-0.05, 0) is 30.3 Å². The molecule has 0 saturated carbocycles. The first kappa shape index (κ1) is 23.6. The highest BCUT2D eigenvalue weighted by molar-refractivity contribution is 7.18. The second-order valence-electron chi connectivity index (χ2n) is 7.25. The Balaban J connectivity index is 1.59. The third-order valence-electron chi connectivity index (χ3n) is 5.28. The van der Waals surface area contributed by atoms with Crippen LogP contribution in [0.25, 0.3) is 0 Å². The van der Waals surface area contributed by atoms with E-state index < -0.39 is 36.3 Å². The molecule has 0 unspecified atom stereocenters. The number of nitrogen functional groups attached to an aromatic ring is 1. The summed E-state index contributed by atoms with van der Waals surface area (Å²) in [5.41, 5.74) is 6.61. The summed E-state index contributed by atoms with van der Waals surface area (Å²) < 4.78 is 14.8. The minimum atomic E-state index is -0.820. The lowest BCUT2D eigenvalue weighted by molar-refractivity contribution is 0.0452. The Bertz CT molecular complexity index is 1360. The summed E-state index contributed by atoms with van der Waals surface area (Å²) in [5.74, 6) is -3.38. The molecule has 0 radical (unpaired) electrons. The number of hydrogen-bond acceptors (Lipinski definition) is 10. The van der Waals surface area contributed by atoms with Gasteiger partial charge in [0.25, 0.3) is 11.8 Å². The molecule has 0 saturated heterocycles.